The standard InChI is InChI=1S/C27H28N6O3/c34-25(11-6-12-33-26(35)21-9-4-5-10-22(21)27(33)36)30-23-17-24(29-19-28-23)32-15-13-31(14-16-32)18-20-7-2-1-3-8-20/h1-5,7-10,17,19H,6,11-16,18H2,(H,28,29,30,34). The zero-order valence-electron chi connectivity index (χ0n) is 20.0. The highest BCUT2D eigenvalue weighted by atomic mass is 16.2. The summed E-state index contributed by atoms with van der Waals surface area (Å²) in [6.45, 7) is 4.67. The first-order chi connectivity index (χ1) is 17.6. The monoisotopic (exact) mass is 484 g/mol. The van der Waals surface area contributed by atoms with Crippen molar-refractivity contribution < 1.29 is 14.4 Å². The Morgan fingerprint density at radius 2 is 1.53 bits per heavy atom. The van der Waals surface area contributed by atoms with Crippen molar-refractivity contribution in [3.8, 4) is 0 Å². The van der Waals surface area contributed by atoms with Crippen LogP contribution in [0.15, 0.2) is 67.0 Å². The molecule has 9 nitrogen and oxygen atoms in total. The SMILES string of the molecule is O=C(CCCN1C(=O)c2ccccc2C1=O)Nc1cc(N2CCN(Cc3ccccc3)CC2)ncn1. The number of carbonyl (C=O) groups is 3. The number of aromatic nitrogens is 2. The van der Waals surface area contributed by atoms with Gasteiger partial charge in [0, 0.05) is 51.8 Å². The summed E-state index contributed by atoms with van der Waals surface area (Å²) >= 11 is 0. The molecule has 1 saturated heterocycles. The minimum atomic E-state index is -0.305. The lowest BCUT2D eigenvalue weighted by Gasteiger charge is -2.35. The Morgan fingerprint density at radius 1 is 0.861 bits per heavy atom. The third kappa shape index (κ3) is 5.26. The summed E-state index contributed by atoms with van der Waals surface area (Å²) in [7, 11) is 0. The van der Waals surface area contributed by atoms with Gasteiger partial charge >= 0.3 is 0 Å². The molecular formula is C27H28N6O3. The molecule has 5 rings (SSSR count). The quantitative estimate of drug-likeness (QED) is 0.491. The van der Waals surface area contributed by atoms with Crippen molar-refractivity contribution in [3.05, 3.63) is 83.7 Å². The van der Waals surface area contributed by atoms with Gasteiger partial charge in [-0.15, -0.1) is 0 Å². The molecular weight excluding hydrogens is 456 g/mol. The third-order valence-corrected chi connectivity index (χ3v) is 6.53. The second-order valence-electron chi connectivity index (χ2n) is 8.97. The maximum Gasteiger partial charge on any atom is 0.261 e. The summed E-state index contributed by atoms with van der Waals surface area (Å²) in [6.07, 6.45) is 2.00. The number of piperazine rings is 1. The molecule has 1 N–H and O–H groups in total. The number of amides is 3. The van der Waals surface area contributed by atoms with E-state index >= 15 is 0 Å². The molecule has 1 fully saturated rings. The van der Waals surface area contributed by atoms with Crippen LogP contribution in [0.1, 0.15) is 39.1 Å². The van der Waals surface area contributed by atoms with Crippen LogP contribution in [0.4, 0.5) is 11.6 Å². The lowest BCUT2D eigenvalue weighted by Crippen LogP contribution is -2.46. The molecule has 2 aromatic carbocycles. The van der Waals surface area contributed by atoms with Crippen LogP contribution in [0.2, 0.25) is 0 Å². The van der Waals surface area contributed by atoms with Crippen molar-refractivity contribution in [2.45, 2.75) is 19.4 Å². The first-order valence-corrected chi connectivity index (χ1v) is 12.2. The molecule has 1 aromatic heterocycles. The molecule has 0 bridgehead atoms. The molecule has 3 aromatic rings. The number of carbonyl (C=O) groups excluding carboxylic acids is 3. The molecule has 3 amide bonds. The van der Waals surface area contributed by atoms with E-state index in [-0.39, 0.29) is 30.7 Å². The van der Waals surface area contributed by atoms with E-state index in [0.717, 1.165) is 38.5 Å². The molecule has 36 heavy (non-hydrogen) atoms. The summed E-state index contributed by atoms with van der Waals surface area (Å²) in [6, 6.07) is 19.0. The number of rotatable bonds is 8. The average Bonchev–Trinajstić information content (AvgIpc) is 3.15. The molecule has 0 aliphatic carbocycles. The van der Waals surface area contributed by atoms with E-state index in [2.05, 4.69) is 49.4 Å². The molecule has 0 atom stereocenters. The van der Waals surface area contributed by atoms with Crippen molar-refractivity contribution in [1.29, 1.82) is 0 Å². The number of benzene rings is 2. The van der Waals surface area contributed by atoms with E-state index < -0.39 is 0 Å². The minimum Gasteiger partial charge on any atom is -0.354 e. The summed E-state index contributed by atoms with van der Waals surface area (Å²) in [5, 5.41) is 2.81. The number of hydrogen-bond donors (Lipinski definition) is 1. The molecule has 0 saturated carbocycles. The molecule has 0 radical (unpaired) electrons. The summed E-state index contributed by atoms with van der Waals surface area (Å²) in [5.41, 5.74) is 2.14. The van der Waals surface area contributed by atoms with Gasteiger partial charge in [-0.25, -0.2) is 9.97 Å². The molecule has 9 heteroatoms. The van der Waals surface area contributed by atoms with Crippen molar-refractivity contribution >= 4 is 29.4 Å². The molecule has 184 valence electrons. The number of nitrogens with one attached hydrogen (secondary N) is 1. The molecule has 3 heterocycles. The van der Waals surface area contributed by atoms with Gasteiger partial charge in [-0.05, 0) is 24.1 Å². The number of imide groups is 1. The van der Waals surface area contributed by atoms with Gasteiger partial charge in [-0.1, -0.05) is 42.5 Å². The average molecular weight is 485 g/mol. The second-order valence-corrected chi connectivity index (χ2v) is 8.97. The molecule has 2 aliphatic heterocycles. The van der Waals surface area contributed by atoms with Crippen molar-refractivity contribution in [2.24, 2.45) is 0 Å². The third-order valence-electron chi connectivity index (χ3n) is 6.53. The van der Waals surface area contributed by atoms with Crippen LogP contribution < -0.4 is 10.2 Å². The predicted octanol–water partition coefficient (Wildman–Crippen LogP) is 2.81. The summed E-state index contributed by atoms with van der Waals surface area (Å²) in [4.78, 5) is 51.8. The van der Waals surface area contributed by atoms with Gasteiger partial charge < -0.3 is 10.2 Å². The molecule has 0 spiro atoms. The fourth-order valence-corrected chi connectivity index (χ4v) is 4.61. The maximum atomic E-state index is 12.5. The highest BCUT2D eigenvalue weighted by molar-refractivity contribution is 6.21. The molecule has 0 unspecified atom stereocenters. The summed E-state index contributed by atoms with van der Waals surface area (Å²) in [5.74, 6) is 0.396. The van der Waals surface area contributed by atoms with Gasteiger partial charge in [0.2, 0.25) is 5.91 Å². The lowest BCUT2D eigenvalue weighted by molar-refractivity contribution is -0.116. The fraction of sp³-hybridized carbons (Fsp3) is 0.296. The highest BCUT2D eigenvalue weighted by Gasteiger charge is 2.34. The largest absolute Gasteiger partial charge is 0.354 e. The number of nitrogens with zero attached hydrogens (tertiary/aromatic N) is 5. The first kappa shape index (κ1) is 23.6. The van der Waals surface area contributed by atoms with Gasteiger partial charge in [-0.3, -0.25) is 24.2 Å². The highest BCUT2D eigenvalue weighted by Crippen LogP contribution is 2.23. The minimum absolute atomic E-state index is 0.172. The summed E-state index contributed by atoms with van der Waals surface area (Å²) < 4.78 is 0. The zero-order valence-corrected chi connectivity index (χ0v) is 20.0. The van der Waals surface area contributed by atoms with Crippen molar-refractivity contribution in [1.82, 2.24) is 19.8 Å². The number of anilines is 2. The van der Waals surface area contributed by atoms with Crippen LogP contribution in [0, 0.1) is 0 Å². The van der Waals surface area contributed by atoms with E-state index in [4.69, 9.17) is 0 Å². The van der Waals surface area contributed by atoms with Crippen LogP contribution in [0.25, 0.3) is 0 Å². The van der Waals surface area contributed by atoms with Crippen molar-refractivity contribution in [3.63, 3.8) is 0 Å². The van der Waals surface area contributed by atoms with Gasteiger partial charge in [0.25, 0.3) is 11.8 Å². The topological polar surface area (TPSA) is 98.7 Å². The molecule has 2 aliphatic rings. The van der Waals surface area contributed by atoms with E-state index in [0.29, 0.717) is 23.4 Å². The Labute approximate surface area is 209 Å². The number of fused-ring (bicyclic) bond motifs is 1. The van der Waals surface area contributed by atoms with E-state index in [1.54, 1.807) is 30.3 Å². The van der Waals surface area contributed by atoms with Gasteiger partial charge in [0.05, 0.1) is 11.1 Å². The predicted molar refractivity (Wildman–Crippen MR) is 136 cm³/mol. The zero-order chi connectivity index (χ0) is 24.9. The van der Waals surface area contributed by atoms with Crippen molar-refractivity contribution in [2.75, 3.05) is 42.9 Å². The van der Waals surface area contributed by atoms with Crippen LogP contribution in [-0.2, 0) is 11.3 Å². The van der Waals surface area contributed by atoms with Crippen LogP contribution in [0.5, 0.6) is 0 Å². The Bertz CT molecular complexity index is 1220. The fourth-order valence-electron chi connectivity index (χ4n) is 4.61. The Hall–Kier alpha value is -4.11. The van der Waals surface area contributed by atoms with Crippen LogP contribution in [0.3, 0.4) is 0 Å². The van der Waals surface area contributed by atoms with E-state index in [1.165, 1.54) is 16.8 Å². The number of hydrogen-bond acceptors (Lipinski definition) is 7. The Kier molecular flexibility index (Phi) is 6.99. The van der Waals surface area contributed by atoms with E-state index in [9.17, 15) is 14.4 Å². The maximum absolute atomic E-state index is 12.5. The smallest absolute Gasteiger partial charge is 0.261 e. The first-order valence-electron chi connectivity index (χ1n) is 12.2. The van der Waals surface area contributed by atoms with Gasteiger partial charge in [0.1, 0.15) is 18.0 Å². The van der Waals surface area contributed by atoms with E-state index in [1.807, 2.05) is 6.07 Å². The van der Waals surface area contributed by atoms with Crippen LogP contribution in [-0.4, -0.2) is 70.2 Å². The normalized spacial score (nSPS) is 15.8. The lowest BCUT2D eigenvalue weighted by atomic mass is 10.1. The Morgan fingerprint density at radius 3 is 2.22 bits per heavy atom. The second kappa shape index (κ2) is 10.7. The Balaban J connectivity index is 1.09. The van der Waals surface area contributed by atoms with Gasteiger partial charge in [-0.2, -0.15) is 0 Å². The van der Waals surface area contributed by atoms with Crippen LogP contribution >= 0.6 is 0 Å². The van der Waals surface area contributed by atoms with Gasteiger partial charge in [0.15, 0.2) is 0 Å².